The third-order valence-corrected chi connectivity index (χ3v) is 2.57. The predicted molar refractivity (Wildman–Crippen MR) is 80.6 cm³/mol. The number of nitrogens with two attached hydrogens (primary N) is 2. The first-order valence-electron chi connectivity index (χ1n) is 6.23. The summed E-state index contributed by atoms with van der Waals surface area (Å²) in [5, 5.41) is 7.27. The summed E-state index contributed by atoms with van der Waals surface area (Å²) in [5.74, 6) is 0.194. The highest BCUT2D eigenvalue weighted by molar-refractivity contribution is 5.84. The highest BCUT2D eigenvalue weighted by atomic mass is 19.1. The molecule has 0 aliphatic rings. The summed E-state index contributed by atoms with van der Waals surface area (Å²) in [6.45, 7) is 0.255. The van der Waals surface area contributed by atoms with Crippen molar-refractivity contribution in [3.63, 3.8) is 0 Å². The molecule has 0 unspecified atom stereocenters. The van der Waals surface area contributed by atoms with E-state index in [4.69, 9.17) is 16.2 Å². The molecule has 6 heteroatoms. The Morgan fingerprint density at radius 1 is 1.14 bits per heavy atom. The Morgan fingerprint density at radius 2 is 1.95 bits per heavy atom. The topological polar surface area (TPSA) is 86.0 Å². The smallest absolute Gasteiger partial charge is 0.211 e. The zero-order chi connectivity index (χ0) is 15.1. The molecule has 2 aromatic rings. The molecule has 4 N–H and O–H groups in total. The summed E-state index contributed by atoms with van der Waals surface area (Å²) in [5.41, 5.74) is 11.8. The number of benzene rings is 2. The van der Waals surface area contributed by atoms with E-state index in [1.807, 2.05) is 18.2 Å². The third kappa shape index (κ3) is 4.61. The van der Waals surface area contributed by atoms with Crippen LogP contribution < -0.4 is 16.2 Å². The number of halogens is 1. The van der Waals surface area contributed by atoms with Gasteiger partial charge in [-0.1, -0.05) is 24.3 Å². The van der Waals surface area contributed by atoms with Crippen molar-refractivity contribution in [1.82, 2.24) is 0 Å². The Morgan fingerprint density at radius 3 is 2.71 bits per heavy atom. The second-order valence-corrected chi connectivity index (χ2v) is 4.23. The summed E-state index contributed by atoms with van der Waals surface area (Å²) in [4.78, 5) is 0. The SMILES string of the molecule is NC(N)=NN=Cc1ccccc1OCc1cccc(F)c1. The molecule has 0 aliphatic heterocycles. The molecular weight excluding hydrogens is 271 g/mol. The van der Waals surface area contributed by atoms with Gasteiger partial charge in [0.15, 0.2) is 0 Å². The number of rotatable bonds is 5. The van der Waals surface area contributed by atoms with Crippen LogP contribution in [-0.4, -0.2) is 12.2 Å². The number of hydrogen-bond acceptors (Lipinski definition) is 3. The third-order valence-electron chi connectivity index (χ3n) is 2.57. The van der Waals surface area contributed by atoms with Crippen LogP contribution in [0.5, 0.6) is 5.75 Å². The van der Waals surface area contributed by atoms with Crippen molar-refractivity contribution >= 4 is 12.2 Å². The zero-order valence-corrected chi connectivity index (χ0v) is 11.2. The van der Waals surface area contributed by atoms with Crippen LogP contribution in [0.1, 0.15) is 11.1 Å². The van der Waals surface area contributed by atoms with Crippen LogP contribution >= 0.6 is 0 Å². The average Bonchev–Trinajstić information content (AvgIpc) is 2.46. The van der Waals surface area contributed by atoms with E-state index < -0.39 is 0 Å². The average molecular weight is 286 g/mol. The summed E-state index contributed by atoms with van der Waals surface area (Å²) < 4.78 is 18.8. The van der Waals surface area contributed by atoms with Crippen LogP contribution in [0.15, 0.2) is 58.7 Å². The van der Waals surface area contributed by atoms with Gasteiger partial charge in [0.2, 0.25) is 5.96 Å². The van der Waals surface area contributed by atoms with E-state index in [0.29, 0.717) is 5.75 Å². The molecule has 108 valence electrons. The maximum Gasteiger partial charge on any atom is 0.211 e. The van der Waals surface area contributed by atoms with Gasteiger partial charge >= 0.3 is 0 Å². The van der Waals surface area contributed by atoms with E-state index in [2.05, 4.69) is 10.2 Å². The van der Waals surface area contributed by atoms with Crippen LogP contribution in [0.2, 0.25) is 0 Å². The van der Waals surface area contributed by atoms with Crippen molar-refractivity contribution in [1.29, 1.82) is 0 Å². The van der Waals surface area contributed by atoms with E-state index in [1.54, 1.807) is 18.2 Å². The van der Waals surface area contributed by atoms with Gasteiger partial charge in [-0.05, 0) is 29.8 Å². The first-order valence-corrected chi connectivity index (χ1v) is 6.23. The second-order valence-electron chi connectivity index (χ2n) is 4.23. The molecule has 0 amide bonds. The monoisotopic (exact) mass is 286 g/mol. The van der Waals surface area contributed by atoms with E-state index in [1.165, 1.54) is 18.3 Å². The second kappa shape index (κ2) is 7.04. The lowest BCUT2D eigenvalue weighted by Crippen LogP contribution is -2.21. The van der Waals surface area contributed by atoms with Gasteiger partial charge in [0.1, 0.15) is 18.2 Å². The van der Waals surface area contributed by atoms with Crippen molar-refractivity contribution in [3.05, 3.63) is 65.5 Å². The molecule has 0 aromatic heterocycles. The molecule has 2 rings (SSSR count). The highest BCUT2D eigenvalue weighted by Gasteiger charge is 2.02. The quantitative estimate of drug-likeness (QED) is 0.501. The van der Waals surface area contributed by atoms with Gasteiger partial charge in [-0.2, -0.15) is 5.10 Å². The summed E-state index contributed by atoms with van der Waals surface area (Å²) in [6.07, 6.45) is 1.49. The van der Waals surface area contributed by atoms with Crippen LogP contribution in [0, 0.1) is 5.82 Å². The van der Waals surface area contributed by atoms with Crippen molar-refractivity contribution in [2.75, 3.05) is 0 Å². The Labute approximate surface area is 121 Å². The lowest BCUT2D eigenvalue weighted by molar-refractivity contribution is 0.305. The molecule has 0 atom stereocenters. The molecule has 2 aromatic carbocycles. The van der Waals surface area contributed by atoms with Crippen molar-refractivity contribution in [3.8, 4) is 5.75 Å². The van der Waals surface area contributed by atoms with E-state index >= 15 is 0 Å². The Kier molecular flexibility index (Phi) is 4.87. The first kappa shape index (κ1) is 14.5. The lowest BCUT2D eigenvalue weighted by atomic mass is 10.2. The number of para-hydroxylation sites is 1. The molecule has 0 bridgehead atoms. The minimum absolute atomic E-state index is 0.121. The predicted octanol–water partition coefficient (Wildman–Crippen LogP) is 2.01. The first-order chi connectivity index (χ1) is 10.1. The molecule has 0 saturated carbocycles. The van der Waals surface area contributed by atoms with Crippen LogP contribution in [0.3, 0.4) is 0 Å². The van der Waals surface area contributed by atoms with Crippen LogP contribution in [0.25, 0.3) is 0 Å². The molecule has 0 spiro atoms. The van der Waals surface area contributed by atoms with Crippen LogP contribution in [-0.2, 0) is 6.61 Å². The van der Waals surface area contributed by atoms with Crippen LogP contribution in [0.4, 0.5) is 4.39 Å². The zero-order valence-electron chi connectivity index (χ0n) is 11.2. The van der Waals surface area contributed by atoms with Gasteiger partial charge in [-0.25, -0.2) is 4.39 Å². The van der Waals surface area contributed by atoms with Gasteiger partial charge in [0.05, 0.1) is 6.21 Å². The van der Waals surface area contributed by atoms with Crippen molar-refractivity contribution in [2.24, 2.45) is 21.7 Å². The molecule has 0 saturated heterocycles. The Balaban J connectivity index is 2.10. The van der Waals surface area contributed by atoms with E-state index in [9.17, 15) is 4.39 Å². The molecule has 21 heavy (non-hydrogen) atoms. The number of ether oxygens (including phenoxy) is 1. The number of nitrogens with zero attached hydrogens (tertiary/aromatic N) is 2. The van der Waals surface area contributed by atoms with Crippen molar-refractivity contribution in [2.45, 2.75) is 6.61 Å². The molecule has 5 nitrogen and oxygen atoms in total. The molecular formula is C15H15FN4O. The molecule has 0 heterocycles. The van der Waals surface area contributed by atoms with Gasteiger partial charge in [-0.15, -0.1) is 5.10 Å². The largest absolute Gasteiger partial charge is 0.488 e. The normalized spacial score (nSPS) is 10.5. The fourth-order valence-electron chi connectivity index (χ4n) is 1.66. The van der Waals surface area contributed by atoms with Gasteiger partial charge in [-0.3, -0.25) is 0 Å². The molecule has 0 fully saturated rings. The highest BCUT2D eigenvalue weighted by Crippen LogP contribution is 2.18. The van der Waals surface area contributed by atoms with Gasteiger partial charge in [0, 0.05) is 5.56 Å². The minimum atomic E-state index is -0.293. The summed E-state index contributed by atoms with van der Waals surface area (Å²) in [7, 11) is 0. The van der Waals surface area contributed by atoms with E-state index in [0.717, 1.165) is 11.1 Å². The number of hydrogen-bond donors (Lipinski definition) is 2. The minimum Gasteiger partial charge on any atom is -0.488 e. The Bertz CT molecular complexity index is 666. The number of guanidine groups is 1. The summed E-state index contributed by atoms with van der Waals surface area (Å²) >= 11 is 0. The Hall–Kier alpha value is -2.89. The molecule has 0 radical (unpaired) electrons. The fourth-order valence-corrected chi connectivity index (χ4v) is 1.66. The molecule has 0 aliphatic carbocycles. The van der Waals surface area contributed by atoms with E-state index in [-0.39, 0.29) is 18.4 Å². The van der Waals surface area contributed by atoms with Gasteiger partial charge in [0.25, 0.3) is 0 Å². The maximum absolute atomic E-state index is 13.1. The van der Waals surface area contributed by atoms with Crippen molar-refractivity contribution < 1.29 is 9.13 Å². The maximum atomic E-state index is 13.1. The summed E-state index contributed by atoms with van der Waals surface area (Å²) in [6, 6.07) is 13.5. The van der Waals surface area contributed by atoms with Gasteiger partial charge < -0.3 is 16.2 Å². The standard InChI is InChI=1S/C15H15FN4O/c16-13-6-3-4-11(8-13)10-21-14-7-2-1-5-12(14)9-19-20-15(17)18/h1-9H,10H2,(H4,17,18,20). The lowest BCUT2D eigenvalue weighted by Gasteiger charge is -2.08. The fraction of sp³-hybridized carbons (Fsp3) is 0.0667.